The van der Waals surface area contributed by atoms with Crippen molar-refractivity contribution in [3.63, 3.8) is 0 Å². The van der Waals surface area contributed by atoms with Gasteiger partial charge in [0.15, 0.2) is 5.76 Å². The fourth-order valence-corrected chi connectivity index (χ4v) is 5.13. The van der Waals surface area contributed by atoms with E-state index >= 15 is 0 Å². The summed E-state index contributed by atoms with van der Waals surface area (Å²) in [6, 6.07) is 13.3. The first-order chi connectivity index (χ1) is 15.8. The lowest BCUT2D eigenvalue weighted by Crippen LogP contribution is -2.32. The summed E-state index contributed by atoms with van der Waals surface area (Å²) in [5.41, 5.74) is 1.97. The van der Waals surface area contributed by atoms with E-state index in [0.717, 1.165) is 12.0 Å². The van der Waals surface area contributed by atoms with Gasteiger partial charge in [-0.3, -0.25) is 9.59 Å². The number of ketones is 1. The SMILES string of the molecule is CCCCN1C(=O)C(O)=C(C(=O)c2sc(-c3ccccc3)nc2C)C1c1ccc(O)c(Cl)c1. The first-order valence-electron chi connectivity index (χ1n) is 10.6. The molecular formula is C25H23ClN2O4S. The van der Waals surface area contributed by atoms with Gasteiger partial charge in [-0.25, -0.2) is 4.98 Å². The maximum absolute atomic E-state index is 13.7. The third-order valence-corrected chi connectivity index (χ3v) is 7.12. The number of phenols is 1. The lowest BCUT2D eigenvalue weighted by atomic mass is 9.95. The fraction of sp³-hybridized carbons (Fsp3) is 0.240. The van der Waals surface area contributed by atoms with Gasteiger partial charge in [0.25, 0.3) is 5.91 Å². The van der Waals surface area contributed by atoms with Crippen LogP contribution in [0.5, 0.6) is 5.75 Å². The van der Waals surface area contributed by atoms with Crippen LogP contribution in [-0.4, -0.2) is 38.3 Å². The predicted molar refractivity (Wildman–Crippen MR) is 129 cm³/mol. The zero-order valence-corrected chi connectivity index (χ0v) is 19.8. The van der Waals surface area contributed by atoms with Gasteiger partial charge in [0.2, 0.25) is 5.78 Å². The van der Waals surface area contributed by atoms with Gasteiger partial charge in [-0.05, 0) is 31.0 Å². The molecule has 2 N–H and O–H groups in total. The first kappa shape index (κ1) is 23.0. The number of halogens is 1. The molecule has 0 spiro atoms. The van der Waals surface area contributed by atoms with E-state index in [1.54, 1.807) is 13.0 Å². The largest absolute Gasteiger partial charge is 0.506 e. The first-order valence-corrected chi connectivity index (χ1v) is 11.8. The summed E-state index contributed by atoms with van der Waals surface area (Å²) in [5.74, 6) is -1.69. The number of rotatable bonds is 7. The van der Waals surface area contributed by atoms with Crippen LogP contribution in [0.25, 0.3) is 10.6 Å². The monoisotopic (exact) mass is 482 g/mol. The average molecular weight is 483 g/mol. The van der Waals surface area contributed by atoms with Gasteiger partial charge in [-0.15, -0.1) is 11.3 Å². The molecule has 1 unspecified atom stereocenters. The van der Waals surface area contributed by atoms with Crippen molar-refractivity contribution in [1.82, 2.24) is 9.88 Å². The van der Waals surface area contributed by atoms with Gasteiger partial charge in [0.1, 0.15) is 10.8 Å². The van der Waals surface area contributed by atoms with Crippen molar-refractivity contribution in [3.05, 3.63) is 81.0 Å². The van der Waals surface area contributed by atoms with E-state index in [-0.39, 0.29) is 16.3 Å². The molecule has 0 aliphatic carbocycles. The van der Waals surface area contributed by atoms with Crippen LogP contribution in [-0.2, 0) is 4.79 Å². The summed E-state index contributed by atoms with van der Waals surface area (Å²) in [7, 11) is 0. The molecule has 0 saturated carbocycles. The van der Waals surface area contributed by atoms with Crippen molar-refractivity contribution in [2.45, 2.75) is 32.7 Å². The highest BCUT2D eigenvalue weighted by atomic mass is 35.5. The van der Waals surface area contributed by atoms with Crippen LogP contribution >= 0.6 is 22.9 Å². The van der Waals surface area contributed by atoms with Gasteiger partial charge in [0.05, 0.1) is 27.2 Å². The standard InChI is InChI=1S/C25H23ClN2O4S/c1-3-4-12-28-20(16-10-11-18(29)17(26)13-16)19(22(31)25(28)32)21(30)23-14(2)27-24(33-23)15-8-6-5-7-9-15/h5-11,13,20,29,31H,3-4,12H2,1-2H3. The molecule has 170 valence electrons. The molecule has 0 fully saturated rings. The molecule has 0 saturated heterocycles. The van der Waals surface area contributed by atoms with Crippen molar-refractivity contribution in [1.29, 1.82) is 0 Å². The van der Waals surface area contributed by atoms with Crippen molar-refractivity contribution in [2.24, 2.45) is 0 Å². The summed E-state index contributed by atoms with van der Waals surface area (Å²) in [6.07, 6.45) is 1.55. The van der Waals surface area contributed by atoms with Crippen LogP contribution in [0, 0.1) is 6.92 Å². The maximum atomic E-state index is 13.7. The van der Waals surface area contributed by atoms with E-state index in [2.05, 4.69) is 4.98 Å². The number of aliphatic hydroxyl groups excluding tert-OH is 1. The van der Waals surface area contributed by atoms with Gasteiger partial charge in [-0.1, -0.05) is 61.3 Å². The van der Waals surface area contributed by atoms with E-state index in [0.29, 0.717) is 34.1 Å². The van der Waals surface area contributed by atoms with Crippen LogP contribution in [0.15, 0.2) is 59.9 Å². The van der Waals surface area contributed by atoms with Crippen LogP contribution < -0.4 is 0 Å². The molecule has 0 bridgehead atoms. The second-order valence-corrected chi connectivity index (χ2v) is 9.26. The molecule has 1 amide bonds. The van der Waals surface area contributed by atoms with Crippen LogP contribution in [0.3, 0.4) is 0 Å². The molecule has 1 atom stereocenters. The zero-order valence-electron chi connectivity index (χ0n) is 18.2. The van der Waals surface area contributed by atoms with E-state index in [1.165, 1.54) is 28.4 Å². The Labute approximate surface area is 200 Å². The molecule has 0 radical (unpaired) electrons. The number of thiazole rings is 1. The third kappa shape index (κ3) is 4.26. The van der Waals surface area contributed by atoms with E-state index in [4.69, 9.17) is 11.6 Å². The second kappa shape index (κ2) is 9.37. The number of aromatic hydroxyl groups is 1. The molecule has 1 aromatic heterocycles. The summed E-state index contributed by atoms with van der Waals surface area (Å²) in [5, 5.41) is 21.4. The Kier molecular flexibility index (Phi) is 6.54. The number of hydrogen-bond acceptors (Lipinski definition) is 6. The number of hydrogen-bond donors (Lipinski definition) is 2. The van der Waals surface area contributed by atoms with E-state index < -0.39 is 23.5 Å². The Morgan fingerprint density at radius 3 is 2.58 bits per heavy atom. The van der Waals surface area contributed by atoms with Crippen LogP contribution in [0.1, 0.15) is 46.7 Å². The molecule has 3 aromatic rings. The van der Waals surface area contributed by atoms with Crippen molar-refractivity contribution in [2.75, 3.05) is 6.54 Å². The fourth-order valence-electron chi connectivity index (χ4n) is 3.92. The highest BCUT2D eigenvalue weighted by molar-refractivity contribution is 7.17. The zero-order chi connectivity index (χ0) is 23.7. The molecule has 2 heterocycles. The van der Waals surface area contributed by atoms with E-state index in [1.807, 2.05) is 37.3 Å². The highest BCUT2D eigenvalue weighted by Crippen LogP contribution is 2.42. The summed E-state index contributed by atoms with van der Waals surface area (Å²) >= 11 is 7.36. The molecular weight excluding hydrogens is 460 g/mol. The lowest BCUT2D eigenvalue weighted by Gasteiger charge is -2.27. The number of benzene rings is 2. The highest BCUT2D eigenvalue weighted by Gasteiger charge is 2.44. The number of amides is 1. The summed E-state index contributed by atoms with van der Waals surface area (Å²) in [6.45, 7) is 4.11. The Hall–Kier alpha value is -3.16. The topological polar surface area (TPSA) is 90.7 Å². The Morgan fingerprint density at radius 2 is 1.91 bits per heavy atom. The number of unbranched alkanes of at least 4 members (excludes halogenated alkanes) is 1. The van der Waals surface area contributed by atoms with Crippen molar-refractivity contribution < 1.29 is 19.8 Å². The molecule has 2 aromatic carbocycles. The summed E-state index contributed by atoms with van der Waals surface area (Å²) in [4.78, 5) is 33.1. The normalized spacial score (nSPS) is 16.0. The predicted octanol–water partition coefficient (Wildman–Crippen LogP) is 5.86. The van der Waals surface area contributed by atoms with Crippen LogP contribution in [0.4, 0.5) is 0 Å². The number of carbonyl (C=O) groups excluding carboxylic acids is 2. The number of phenolic OH excluding ortho intramolecular Hbond substituents is 1. The number of aromatic nitrogens is 1. The van der Waals surface area contributed by atoms with Crippen molar-refractivity contribution in [3.8, 4) is 16.3 Å². The van der Waals surface area contributed by atoms with E-state index in [9.17, 15) is 19.8 Å². The quantitative estimate of drug-likeness (QED) is 0.412. The number of carbonyl (C=O) groups is 2. The van der Waals surface area contributed by atoms with Crippen molar-refractivity contribution >= 4 is 34.6 Å². The Bertz CT molecular complexity index is 1250. The molecule has 33 heavy (non-hydrogen) atoms. The van der Waals surface area contributed by atoms with Gasteiger partial charge in [0, 0.05) is 12.1 Å². The van der Waals surface area contributed by atoms with Gasteiger partial charge < -0.3 is 15.1 Å². The molecule has 6 nitrogen and oxygen atoms in total. The molecule has 1 aliphatic rings. The third-order valence-electron chi connectivity index (χ3n) is 5.61. The lowest BCUT2D eigenvalue weighted by molar-refractivity contribution is -0.129. The number of aryl methyl sites for hydroxylation is 1. The molecule has 1 aliphatic heterocycles. The number of aliphatic hydroxyl groups is 1. The molecule has 8 heteroatoms. The minimum absolute atomic E-state index is 0.00391. The number of nitrogens with zero attached hydrogens (tertiary/aromatic N) is 2. The van der Waals surface area contributed by atoms with Crippen LogP contribution in [0.2, 0.25) is 5.02 Å². The Balaban J connectivity index is 1.79. The Morgan fingerprint density at radius 1 is 1.18 bits per heavy atom. The molecule has 4 rings (SSSR count). The van der Waals surface area contributed by atoms with Gasteiger partial charge >= 0.3 is 0 Å². The maximum Gasteiger partial charge on any atom is 0.290 e. The van der Waals surface area contributed by atoms with Gasteiger partial charge in [-0.2, -0.15) is 0 Å². The average Bonchev–Trinajstić information content (AvgIpc) is 3.32. The summed E-state index contributed by atoms with van der Waals surface area (Å²) < 4.78 is 0. The minimum atomic E-state index is -0.809. The minimum Gasteiger partial charge on any atom is -0.506 e. The second-order valence-electron chi connectivity index (χ2n) is 7.86. The number of Topliss-reactive ketones (excluding diaryl/α,β-unsaturated/α-hetero) is 1. The smallest absolute Gasteiger partial charge is 0.290 e.